The predicted molar refractivity (Wildman–Crippen MR) is 79.5 cm³/mol. The molecule has 1 fully saturated rings. The minimum absolute atomic E-state index is 0.0174. The van der Waals surface area contributed by atoms with Gasteiger partial charge in [-0.3, -0.25) is 9.89 Å². The maximum Gasteiger partial charge on any atom is 0.274 e. The van der Waals surface area contributed by atoms with E-state index in [1.165, 1.54) is 19.3 Å². The molecule has 2 heterocycles. The van der Waals surface area contributed by atoms with Gasteiger partial charge in [0.1, 0.15) is 0 Å². The van der Waals surface area contributed by atoms with Gasteiger partial charge in [-0.2, -0.15) is 5.10 Å². The number of rotatable bonds is 1. The summed E-state index contributed by atoms with van der Waals surface area (Å²) < 4.78 is 0. The highest BCUT2D eigenvalue weighted by molar-refractivity contribution is 6.05. The number of nitrogens with zero attached hydrogens (tertiary/aromatic N) is 2. The van der Waals surface area contributed by atoms with Gasteiger partial charge in [0, 0.05) is 24.2 Å². The van der Waals surface area contributed by atoms with Crippen LogP contribution in [0, 0.1) is 0 Å². The molecule has 0 saturated carbocycles. The van der Waals surface area contributed by atoms with E-state index in [1.807, 2.05) is 23.1 Å². The van der Waals surface area contributed by atoms with Crippen LogP contribution < -0.4 is 5.73 Å². The Bertz CT molecular complexity index is 611. The standard InChI is InChI=1S/C15H20N4O/c16-11-6-7-13-12(10-11)14(18-17-13)15(20)19-8-4-2-1-3-5-9-19/h6-7,10H,1-5,8-9,16H2,(H,17,18). The third-order valence-electron chi connectivity index (χ3n) is 3.93. The maximum absolute atomic E-state index is 12.7. The average molecular weight is 272 g/mol. The highest BCUT2D eigenvalue weighted by Gasteiger charge is 2.21. The highest BCUT2D eigenvalue weighted by Crippen LogP contribution is 2.21. The van der Waals surface area contributed by atoms with Crippen LogP contribution in [0.1, 0.15) is 42.6 Å². The van der Waals surface area contributed by atoms with Crippen molar-refractivity contribution in [3.63, 3.8) is 0 Å². The summed E-state index contributed by atoms with van der Waals surface area (Å²) in [5.74, 6) is 0.0174. The maximum atomic E-state index is 12.7. The number of hydrogen-bond donors (Lipinski definition) is 2. The summed E-state index contributed by atoms with van der Waals surface area (Å²) in [6.45, 7) is 1.66. The van der Waals surface area contributed by atoms with Crippen molar-refractivity contribution in [2.75, 3.05) is 18.8 Å². The number of hydrogen-bond acceptors (Lipinski definition) is 3. The van der Waals surface area contributed by atoms with Crippen LogP contribution in [0.3, 0.4) is 0 Å². The number of fused-ring (bicyclic) bond motifs is 1. The Morgan fingerprint density at radius 2 is 1.85 bits per heavy atom. The van der Waals surface area contributed by atoms with Crippen LogP contribution in [-0.4, -0.2) is 34.1 Å². The topological polar surface area (TPSA) is 75.0 Å². The molecule has 1 aliphatic heterocycles. The molecule has 5 nitrogen and oxygen atoms in total. The van der Waals surface area contributed by atoms with Crippen molar-refractivity contribution in [3.05, 3.63) is 23.9 Å². The second-order valence-corrected chi connectivity index (χ2v) is 5.44. The first-order valence-electron chi connectivity index (χ1n) is 7.28. The molecule has 106 valence electrons. The Morgan fingerprint density at radius 3 is 2.60 bits per heavy atom. The molecule has 0 radical (unpaired) electrons. The Kier molecular flexibility index (Phi) is 3.58. The van der Waals surface area contributed by atoms with Gasteiger partial charge in [-0.25, -0.2) is 0 Å². The fourth-order valence-corrected chi connectivity index (χ4v) is 2.79. The summed E-state index contributed by atoms with van der Waals surface area (Å²) in [6, 6.07) is 5.49. The average Bonchev–Trinajstić information content (AvgIpc) is 2.80. The van der Waals surface area contributed by atoms with Gasteiger partial charge < -0.3 is 10.6 Å². The van der Waals surface area contributed by atoms with Crippen LogP contribution in [0.15, 0.2) is 18.2 Å². The number of aromatic nitrogens is 2. The molecule has 3 N–H and O–H groups in total. The van der Waals surface area contributed by atoms with E-state index in [9.17, 15) is 4.79 Å². The molecule has 1 aromatic carbocycles. The second kappa shape index (κ2) is 5.53. The van der Waals surface area contributed by atoms with Crippen LogP contribution in [0.2, 0.25) is 0 Å². The highest BCUT2D eigenvalue weighted by atomic mass is 16.2. The van der Waals surface area contributed by atoms with E-state index >= 15 is 0 Å². The van der Waals surface area contributed by atoms with Crippen molar-refractivity contribution in [1.29, 1.82) is 0 Å². The van der Waals surface area contributed by atoms with Crippen LogP contribution in [-0.2, 0) is 0 Å². The second-order valence-electron chi connectivity index (χ2n) is 5.44. The molecular formula is C15H20N4O. The van der Waals surface area contributed by atoms with Crippen molar-refractivity contribution < 1.29 is 4.79 Å². The van der Waals surface area contributed by atoms with Crippen LogP contribution in [0.25, 0.3) is 10.9 Å². The van der Waals surface area contributed by atoms with E-state index in [-0.39, 0.29) is 5.91 Å². The number of nitrogens with two attached hydrogens (primary N) is 1. The Balaban J connectivity index is 1.89. The minimum atomic E-state index is 0.0174. The normalized spacial score (nSPS) is 16.9. The van der Waals surface area contributed by atoms with E-state index in [2.05, 4.69) is 10.2 Å². The van der Waals surface area contributed by atoms with Gasteiger partial charge in [0.2, 0.25) is 0 Å². The van der Waals surface area contributed by atoms with Gasteiger partial charge in [0.15, 0.2) is 5.69 Å². The number of anilines is 1. The van der Waals surface area contributed by atoms with Gasteiger partial charge in [-0.1, -0.05) is 19.3 Å². The van der Waals surface area contributed by atoms with Crippen molar-refractivity contribution >= 4 is 22.5 Å². The number of nitrogens with one attached hydrogen (secondary N) is 1. The number of H-pyrrole nitrogens is 1. The third kappa shape index (κ3) is 2.48. The quantitative estimate of drug-likeness (QED) is 0.783. The minimum Gasteiger partial charge on any atom is -0.399 e. The number of aromatic amines is 1. The Morgan fingerprint density at radius 1 is 1.15 bits per heavy atom. The summed E-state index contributed by atoms with van der Waals surface area (Å²) in [5.41, 5.74) is 7.81. The molecule has 2 aromatic rings. The lowest BCUT2D eigenvalue weighted by Gasteiger charge is -2.24. The molecule has 1 aliphatic rings. The summed E-state index contributed by atoms with van der Waals surface area (Å²) in [6.07, 6.45) is 5.85. The zero-order valence-electron chi connectivity index (χ0n) is 11.6. The lowest BCUT2D eigenvalue weighted by atomic mass is 10.1. The molecular weight excluding hydrogens is 252 g/mol. The number of carbonyl (C=O) groups is 1. The Labute approximate surface area is 118 Å². The summed E-state index contributed by atoms with van der Waals surface area (Å²) in [7, 11) is 0. The van der Waals surface area contributed by atoms with Gasteiger partial charge in [-0.15, -0.1) is 0 Å². The van der Waals surface area contributed by atoms with Gasteiger partial charge in [-0.05, 0) is 31.0 Å². The number of nitrogen functional groups attached to an aromatic ring is 1. The Hall–Kier alpha value is -2.04. The monoisotopic (exact) mass is 272 g/mol. The first-order valence-corrected chi connectivity index (χ1v) is 7.28. The zero-order chi connectivity index (χ0) is 13.9. The third-order valence-corrected chi connectivity index (χ3v) is 3.93. The molecule has 20 heavy (non-hydrogen) atoms. The number of likely N-dealkylation sites (tertiary alicyclic amines) is 1. The van der Waals surface area contributed by atoms with E-state index in [1.54, 1.807) is 0 Å². The predicted octanol–water partition coefficient (Wildman–Crippen LogP) is 2.55. The van der Waals surface area contributed by atoms with E-state index in [4.69, 9.17) is 5.73 Å². The SMILES string of the molecule is Nc1ccc2[nH]nc(C(=O)N3CCCCCCC3)c2c1. The fraction of sp³-hybridized carbons (Fsp3) is 0.467. The van der Waals surface area contributed by atoms with E-state index in [0.29, 0.717) is 11.4 Å². The smallest absolute Gasteiger partial charge is 0.274 e. The van der Waals surface area contributed by atoms with E-state index < -0.39 is 0 Å². The molecule has 0 atom stereocenters. The molecule has 1 saturated heterocycles. The van der Waals surface area contributed by atoms with Gasteiger partial charge in [0.25, 0.3) is 5.91 Å². The van der Waals surface area contributed by atoms with Crippen LogP contribution in [0.5, 0.6) is 0 Å². The summed E-state index contributed by atoms with van der Waals surface area (Å²) in [4.78, 5) is 14.6. The van der Waals surface area contributed by atoms with Crippen LogP contribution in [0.4, 0.5) is 5.69 Å². The van der Waals surface area contributed by atoms with Crippen molar-refractivity contribution in [3.8, 4) is 0 Å². The molecule has 0 spiro atoms. The van der Waals surface area contributed by atoms with Crippen molar-refractivity contribution in [1.82, 2.24) is 15.1 Å². The molecule has 0 aliphatic carbocycles. The molecule has 1 amide bonds. The molecule has 0 unspecified atom stereocenters. The largest absolute Gasteiger partial charge is 0.399 e. The van der Waals surface area contributed by atoms with Crippen molar-refractivity contribution in [2.45, 2.75) is 32.1 Å². The molecule has 3 rings (SSSR count). The van der Waals surface area contributed by atoms with E-state index in [0.717, 1.165) is 36.8 Å². The first kappa shape index (κ1) is 13.0. The fourth-order valence-electron chi connectivity index (χ4n) is 2.79. The molecule has 5 heteroatoms. The zero-order valence-corrected chi connectivity index (χ0v) is 11.6. The lowest BCUT2D eigenvalue weighted by molar-refractivity contribution is 0.0738. The number of carbonyl (C=O) groups excluding carboxylic acids is 1. The first-order chi connectivity index (χ1) is 9.75. The summed E-state index contributed by atoms with van der Waals surface area (Å²) >= 11 is 0. The number of amides is 1. The lowest BCUT2D eigenvalue weighted by Crippen LogP contribution is -2.34. The number of benzene rings is 1. The van der Waals surface area contributed by atoms with Gasteiger partial charge in [0.05, 0.1) is 5.52 Å². The van der Waals surface area contributed by atoms with Gasteiger partial charge >= 0.3 is 0 Å². The summed E-state index contributed by atoms with van der Waals surface area (Å²) in [5, 5.41) is 7.92. The molecule has 1 aromatic heterocycles. The van der Waals surface area contributed by atoms with Crippen molar-refractivity contribution in [2.24, 2.45) is 0 Å². The van der Waals surface area contributed by atoms with Crippen LogP contribution >= 0.6 is 0 Å². The molecule has 0 bridgehead atoms.